The number of rotatable bonds is 4. The first-order valence-corrected chi connectivity index (χ1v) is 7.84. The summed E-state index contributed by atoms with van der Waals surface area (Å²) in [7, 11) is 0. The molecule has 0 spiro atoms. The van der Waals surface area contributed by atoms with Gasteiger partial charge in [0.2, 0.25) is 11.8 Å². The van der Waals surface area contributed by atoms with Crippen molar-refractivity contribution in [2.24, 2.45) is 11.0 Å². The van der Waals surface area contributed by atoms with Crippen LogP contribution in [0.5, 0.6) is 0 Å². The molecule has 0 saturated carbocycles. The number of benzene rings is 1. The average molecular weight is 313 g/mol. The molecule has 5 nitrogen and oxygen atoms in total. The number of carbonyl (C=O) groups is 2. The Morgan fingerprint density at radius 1 is 1.27 bits per heavy atom. The summed E-state index contributed by atoms with van der Waals surface area (Å²) in [5.74, 6) is -0.624. The minimum Gasteiger partial charge on any atom is -0.312 e. The molecule has 1 atom stereocenters. The summed E-state index contributed by atoms with van der Waals surface area (Å²) in [6, 6.07) is 13.2. The van der Waals surface area contributed by atoms with Gasteiger partial charge in [0.25, 0.3) is 0 Å². The highest BCUT2D eigenvalue weighted by atomic mass is 32.1. The molecular weight excluding hydrogens is 298 g/mol. The minimum absolute atomic E-state index is 0.0337. The molecule has 0 aliphatic carbocycles. The molecule has 1 fully saturated rings. The van der Waals surface area contributed by atoms with E-state index in [-0.39, 0.29) is 24.2 Å². The molecule has 1 aromatic heterocycles. The van der Waals surface area contributed by atoms with Gasteiger partial charge in [0.1, 0.15) is 0 Å². The van der Waals surface area contributed by atoms with Gasteiger partial charge in [0.05, 0.1) is 12.1 Å². The molecule has 1 aliphatic heterocycles. The van der Waals surface area contributed by atoms with Crippen LogP contribution in [0.4, 0.5) is 5.69 Å². The second kappa shape index (κ2) is 6.53. The first-order chi connectivity index (χ1) is 10.7. The normalized spacial score (nSPS) is 18.1. The number of hydrogen-bond acceptors (Lipinski definition) is 4. The molecule has 1 aromatic carbocycles. The van der Waals surface area contributed by atoms with Crippen LogP contribution in [-0.2, 0) is 9.59 Å². The van der Waals surface area contributed by atoms with E-state index in [4.69, 9.17) is 0 Å². The van der Waals surface area contributed by atoms with E-state index in [0.717, 1.165) is 10.6 Å². The van der Waals surface area contributed by atoms with Gasteiger partial charge in [-0.3, -0.25) is 9.59 Å². The summed E-state index contributed by atoms with van der Waals surface area (Å²) in [4.78, 5) is 26.8. The number of nitrogens with one attached hydrogen (secondary N) is 1. The predicted molar refractivity (Wildman–Crippen MR) is 87.0 cm³/mol. The maximum atomic E-state index is 12.1. The number of hydrogen-bond donors (Lipinski definition) is 1. The Kier molecular flexibility index (Phi) is 4.29. The zero-order chi connectivity index (χ0) is 15.4. The molecule has 1 N–H and O–H groups in total. The fourth-order valence-electron chi connectivity index (χ4n) is 2.36. The number of thiophene rings is 1. The Bertz CT molecular complexity index is 683. The van der Waals surface area contributed by atoms with Gasteiger partial charge < -0.3 is 4.90 Å². The third-order valence-electron chi connectivity index (χ3n) is 3.47. The molecular formula is C16H15N3O2S. The van der Waals surface area contributed by atoms with Crippen molar-refractivity contribution in [1.29, 1.82) is 0 Å². The van der Waals surface area contributed by atoms with E-state index in [1.54, 1.807) is 22.5 Å². The molecule has 6 heteroatoms. The Morgan fingerprint density at radius 3 is 2.82 bits per heavy atom. The topological polar surface area (TPSA) is 61.8 Å². The molecule has 2 heterocycles. The number of anilines is 1. The Labute approximate surface area is 132 Å². The summed E-state index contributed by atoms with van der Waals surface area (Å²) in [6.45, 7) is 0.392. The van der Waals surface area contributed by atoms with Crippen molar-refractivity contribution in [1.82, 2.24) is 5.43 Å². The largest absolute Gasteiger partial charge is 0.312 e. The molecule has 2 aromatic rings. The second-order valence-electron chi connectivity index (χ2n) is 4.99. The van der Waals surface area contributed by atoms with Crippen molar-refractivity contribution in [3.05, 3.63) is 52.7 Å². The van der Waals surface area contributed by atoms with Gasteiger partial charge in [0, 0.05) is 23.5 Å². The summed E-state index contributed by atoms with van der Waals surface area (Å²) >= 11 is 1.54. The standard InChI is InChI=1S/C16H15N3O2S/c20-15-9-12(11-19(15)13-5-2-1-3-6-13)16(21)18-17-10-14-7-4-8-22-14/h1-8,10,12H,9,11H2,(H,18,21)/b17-10-/t12-/m0/s1. The van der Waals surface area contributed by atoms with Gasteiger partial charge in [-0.25, -0.2) is 5.43 Å². The molecule has 22 heavy (non-hydrogen) atoms. The Morgan fingerprint density at radius 2 is 2.09 bits per heavy atom. The highest BCUT2D eigenvalue weighted by molar-refractivity contribution is 7.11. The molecule has 0 unspecified atom stereocenters. The predicted octanol–water partition coefficient (Wildman–Crippen LogP) is 2.25. The smallest absolute Gasteiger partial charge is 0.245 e. The second-order valence-corrected chi connectivity index (χ2v) is 5.97. The van der Waals surface area contributed by atoms with E-state index >= 15 is 0 Å². The summed E-state index contributed by atoms with van der Waals surface area (Å²) in [5.41, 5.74) is 3.34. The van der Waals surface area contributed by atoms with Crippen molar-refractivity contribution in [3.8, 4) is 0 Å². The summed E-state index contributed by atoms with van der Waals surface area (Å²) in [5, 5.41) is 5.88. The number of amides is 2. The highest BCUT2D eigenvalue weighted by Gasteiger charge is 2.34. The maximum absolute atomic E-state index is 12.1. The number of hydrazone groups is 1. The van der Waals surface area contributed by atoms with Gasteiger partial charge in [0.15, 0.2) is 0 Å². The maximum Gasteiger partial charge on any atom is 0.245 e. The van der Waals surface area contributed by atoms with Crippen LogP contribution in [-0.4, -0.2) is 24.6 Å². The Hall–Kier alpha value is -2.47. The fourth-order valence-corrected chi connectivity index (χ4v) is 2.94. The first-order valence-electron chi connectivity index (χ1n) is 6.96. The van der Waals surface area contributed by atoms with Crippen LogP contribution in [0, 0.1) is 5.92 Å². The van der Waals surface area contributed by atoms with Crippen LogP contribution in [0.25, 0.3) is 0 Å². The number of nitrogens with zero attached hydrogens (tertiary/aromatic N) is 2. The third-order valence-corrected chi connectivity index (χ3v) is 4.28. The van der Waals surface area contributed by atoms with Crippen molar-refractivity contribution in [2.45, 2.75) is 6.42 Å². The van der Waals surface area contributed by atoms with Gasteiger partial charge >= 0.3 is 0 Å². The summed E-state index contributed by atoms with van der Waals surface area (Å²) < 4.78 is 0. The molecule has 0 bridgehead atoms. The van der Waals surface area contributed by atoms with Crippen molar-refractivity contribution in [3.63, 3.8) is 0 Å². The number of carbonyl (C=O) groups excluding carboxylic acids is 2. The average Bonchev–Trinajstić information content (AvgIpc) is 3.17. The lowest BCUT2D eigenvalue weighted by atomic mass is 10.1. The molecule has 0 radical (unpaired) electrons. The van der Waals surface area contributed by atoms with Crippen molar-refractivity contribution >= 4 is 35.1 Å². The van der Waals surface area contributed by atoms with Gasteiger partial charge in [-0.2, -0.15) is 5.10 Å². The van der Waals surface area contributed by atoms with Crippen LogP contribution < -0.4 is 10.3 Å². The quantitative estimate of drug-likeness (QED) is 0.695. The zero-order valence-corrected chi connectivity index (χ0v) is 12.6. The van der Waals surface area contributed by atoms with E-state index in [2.05, 4.69) is 10.5 Å². The summed E-state index contributed by atoms with van der Waals surface area (Å²) in [6.07, 6.45) is 1.82. The van der Waals surface area contributed by atoms with Crippen LogP contribution in [0.2, 0.25) is 0 Å². The van der Waals surface area contributed by atoms with Crippen molar-refractivity contribution in [2.75, 3.05) is 11.4 Å². The van der Waals surface area contributed by atoms with E-state index in [1.165, 1.54) is 0 Å². The molecule has 1 aliphatic rings. The molecule has 1 saturated heterocycles. The zero-order valence-electron chi connectivity index (χ0n) is 11.8. The first kappa shape index (κ1) is 14.5. The van der Waals surface area contributed by atoms with Crippen molar-refractivity contribution < 1.29 is 9.59 Å². The van der Waals surface area contributed by atoms with Crippen LogP contribution >= 0.6 is 11.3 Å². The number of para-hydroxylation sites is 1. The van der Waals surface area contributed by atoms with E-state index in [9.17, 15) is 9.59 Å². The van der Waals surface area contributed by atoms with E-state index in [1.807, 2.05) is 47.8 Å². The van der Waals surface area contributed by atoms with Gasteiger partial charge in [-0.15, -0.1) is 11.3 Å². The van der Waals surface area contributed by atoms with Crippen LogP contribution in [0.15, 0.2) is 52.9 Å². The SMILES string of the molecule is O=C(N/N=C\c1cccs1)[C@H]1CC(=O)N(c2ccccc2)C1. The van der Waals surface area contributed by atoms with Crippen LogP contribution in [0.3, 0.4) is 0 Å². The monoisotopic (exact) mass is 313 g/mol. The third kappa shape index (κ3) is 3.23. The fraction of sp³-hybridized carbons (Fsp3) is 0.188. The van der Waals surface area contributed by atoms with Crippen LogP contribution in [0.1, 0.15) is 11.3 Å². The van der Waals surface area contributed by atoms with E-state index in [0.29, 0.717) is 6.54 Å². The molecule has 3 rings (SSSR count). The van der Waals surface area contributed by atoms with E-state index < -0.39 is 0 Å². The lowest BCUT2D eigenvalue weighted by Gasteiger charge is -2.16. The lowest BCUT2D eigenvalue weighted by molar-refractivity contribution is -0.126. The Balaban J connectivity index is 1.59. The highest BCUT2D eigenvalue weighted by Crippen LogP contribution is 2.24. The minimum atomic E-state index is -0.367. The van der Waals surface area contributed by atoms with Gasteiger partial charge in [-0.1, -0.05) is 24.3 Å². The molecule has 2 amide bonds. The molecule has 112 valence electrons. The van der Waals surface area contributed by atoms with Gasteiger partial charge in [-0.05, 0) is 23.6 Å². The lowest BCUT2D eigenvalue weighted by Crippen LogP contribution is -2.30.